The lowest BCUT2D eigenvalue weighted by atomic mass is 9.98. The van der Waals surface area contributed by atoms with E-state index >= 15 is 0 Å². The zero-order chi connectivity index (χ0) is 12.5. The fourth-order valence-electron chi connectivity index (χ4n) is 2.36. The van der Waals surface area contributed by atoms with E-state index in [1.54, 1.807) is 0 Å². The van der Waals surface area contributed by atoms with Crippen LogP contribution in [0.25, 0.3) is 27.1 Å². The van der Waals surface area contributed by atoms with Gasteiger partial charge in [0.05, 0.1) is 0 Å². The zero-order valence-electron chi connectivity index (χ0n) is 9.51. The molecule has 3 rings (SSSR count). The van der Waals surface area contributed by atoms with Crippen molar-refractivity contribution >= 4 is 27.1 Å². The molecule has 82 valence electrons. The lowest BCUT2D eigenvalue weighted by Gasteiger charge is -2.05. The van der Waals surface area contributed by atoms with E-state index in [9.17, 15) is 0 Å². The molecular weight excluding hydrogens is 220 g/mol. The molecule has 3 aromatic rings. The molecule has 0 aliphatic carbocycles. The molecule has 0 heterocycles. The van der Waals surface area contributed by atoms with Crippen LogP contribution in [0.15, 0.2) is 48.5 Å². The summed E-state index contributed by atoms with van der Waals surface area (Å²) >= 11 is 0. The van der Waals surface area contributed by atoms with Crippen molar-refractivity contribution in [1.82, 2.24) is 0 Å². The molecule has 0 radical (unpaired) electrons. The highest BCUT2D eigenvalue weighted by Crippen LogP contribution is 2.24. The van der Waals surface area contributed by atoms with Gasteiger partial charge in [-0.1, -0.05) is 48.5 Å². The first-order chi connectivity index (χ1) is 8.85. The first-order valence-electron chi connectivity index (χ1n) is 5.60. The van der Waals surface area contributed by atoms with Crippen molar-refractivity contribution < 1.29 is 0 Å². The second-order valence-corrected chi connectivity index (χ2v) is 4.10. The lowest BCUT2D eigenvalue weighted by Crippen LogP contribution is -2.05. The van der Waals surface area contributed by atoms with Crippen LogP contribution < -0.4 is 5.22 Å². The van der Waals surface area contributed by atoms with Crippen molar-refractivity contribution in [3.63, 3.8) is 0 Å². The SMILES string of the molecule is N#CC(C#N)=c1ccc2cccc3cccc1c32. The summed E-state index contributed by atoms with van der Waals surface area (Å²) < 4.78 is 0. The van der Waals surface area contributed by atoms with Gasteiger partial charge >= 0.3 is 0 Å². The highest BCUT2D eigenvalue weighted by molar-refractivity contribution is 6.10. The van der Waals surface area contributed by atoms with Gasteiger partial charge < -0.3 is 0 Å². The summed E-state index contributed by atoms with van der Waals surface area (Å²) in [4.78, 5) is 0. The molecule has 0 spiro atoms. The van der Waals surface area contributed by atoms with Gasteiger partial charge in [0.15, 0.2) is 0 Å². The van der Waals surface area contributed by atoms with Gasteiger partial charge in [-0.05, 0) is 21.5 Å². The number of rotatable bonds is 0. The molecule has 3 aromatic carbocycles. The van der Waals surface area contributed by atoms with Crippen molar-refractivity contribution in [3.8, 4) is 12.1 Å². The Balaban J connectivity index is 2.69. The van der Waals surface area contributed by atoms with Crippen molar-refractivity contribution in [1.29, 1.82) is 10.5 Å². The van der Waals surface area contributed by atoms with E-state index in [-0.39, 0.29) is 5.57 Å². The third kappa shape index (κ3) is 1.34. The van der Waals surface area contributed by atoms with E-state index < -0.39 is 0 Å². The van der Waals surface area contributed by atoms with E-state index in [1.807, 2.05) is 60.7 Å². The van der Waals surface area contributed by atoms with E-state index in [4.69, 9.17) is 10.5 Å². The van der Waals surface area contributed by atoms with Gasteiger partial charge in [-0.3, -0.25) is 0 Å². The maximum Gasteiger partial charge on any atom is 0.137 e. The van der Waals surface area contributed by atoms with Gasteiger partial charge in [-0.2, -0.15) is 10.5 Å². The number of nitrogens with zero attached hydrogens (tertiary/aromatic N) is 2. The third-order valence-electron chi connectivity index (χ3n) is 3.15. The predicted octanol–water partition coefficient (Wildman–Crippen LogP) is 2.91. The highest BCUT2D eigenvalue weighted by atomic mass is 14.3. The summed E-state index contributed by atoms with van der Waals surface area (Å²) in [5.41, 5.74) is 0.160. The van der Waals surface area contributed by atoms with Crippen LogP contribution in [0, 0.1) is 22.7 Å². The summed E-state index contributed by atoms with van der Waals surface area (Å²) in [6.07, 6.45) is 0. The van der Waals surface area contributed by atoms with Gasteiger partial charge in [0.1, 0.15) is 17.7 Å². The van der Waals surface area contributed by atoms with Gasteiger partial charge in [-0.25, -0.2) is 0 Å². The monoisotopic (exact) mass is 228 g/mol. The van der Waals surface area contributed by atoms with Crippen LogP contribution in [-0.4, -0.2) is 0 Å². The number of nitriles is 2. The zero-order valence-corrected chi connectivity index (χ0v) is 9.51. The van der Waals surface area contributed by atoms with Crippen LogP contribution in [0.1, 0.15) is 0 Å². The normalized spacial score (nSPS) is 10.1. The van der Waals surface area contributed by atoms with E-state index in [0.717, 1.165) is 21.5 Å². The molecule has 0 saturated carbocycles. The van der Waals surface area contributed by atoms with Crippen LogP contribution >= 0.6 is 0 Å². The average molecular weight is 228 g/mol. The summed E-state index contributed by atoms with van der Waals surface area (Å²) in [7, 11) is 0. The molecular formula is C16H8N2. The Labute approximate surface area is 104 Å². The smallest absolute Gasteiger partial charge is 0.137 e. The molecule has 2 nitrogen and oxygen atoms in total. The third-order valence-corrected chi connectivity index (χ3v) is 3.15. The Morgan fingerprint density at radius 3 is 2.06 bits per heavy atom. The fraction of sp³-hybridized carbons (Fsp3) is 0. The molecule has 0 atom stereocenters. The standard InChI is InChI=1S/C16H8N2/c17-9-13(10-18)14-8-7-12-4-1-3-11-5-2-6-15(14)16(11)12/h1-8H. The quantitative estimate of drug-likeness (QED) is 0.594. The molecule has 2 heteroatoms. The van der Waals surface area contributed by atoms with E-state index in [1.165, 1.54) is 0 Å². The van der Waals surface area contributed by atoms with Crippen molar-refractivity contribution in [2.24, 2.45) is 0 Å². The summed E-state index contributed by atoms with van der Waals surface area (Å²) in [5.74, 6) is 0. The van der Waals surface area contributed by atoms with Crippen LogP contribution in [0.2, 0.25) is 0 Å². The molecule has 0 amide bonds. The molecule has 0 aromatic heterocycles. The van der Waals surface area contributed by atoms with Gasteiger partial charge in [0.2, 0.25) is 0 Å². The van der Waals surface area contributed by atoms with Crippen LogP contribution in [0.4, 0.5) is 0 Å². The van der Waals surface area contributed by atoms with Crippen molar-refractivity contribution in [2.45, 2.75) is 0 Å². The van der Waals surface area contributed by atoms with Crippen molar-refractivity contribution in [2.75, 3.05) is 0 Å². The number of hydrogen-bond donors (Lipinski definition) is 0. The molecule has 0 aliphatic rings. The first kappa shape index (κ1) is 10.3. The topological polar surface area (TPSA) is 47.6 Å². The second kappa shape index (κ2) is 3.87. The minimum atomic E-state index is 0.160. The largest absolute Gasteiger partial charge is 0.192 e. The first-order valence-corrected chi connectivity index (χ1v) is 5.60. The van der Waals surface area contributed by atoms with Crippen LogP contribution in [-0.2, 0) is 0 Å². The average Bonchev–Trinajstić information content (AvgIpc) is 2.43. The minimum absolute atomic E-state index is 0.160. The van der Waals surface area contributed by atoms with E-state index in [2.05, 4.69) is 0 Å². The molecule has 0 aliphatic heterocycles. The Hall–Kier alpha value is -2.84. The second-order valence-electron chi connectivity index (χ2n) is 4.10. The predicted molar refractivity (Wildman–Crippen MR) is 71.3 cm³/mol. The molecule has 0 N–H and O–H groups in total. The van der Waals surface area contributed by atoms with Crippen LogP contribution in [0.5, 0.6) is 0 Å². The Morgan fingerprint density at radius 2 is 1.39 bits per heavy atom. The van der Waals surface area contributed by atoms with Crippen LogP contribution in [0.3, 0.4) is 0 Å². The molecule has 18 heavy (non-hydrogen) atoms. The maximum atomic E-state index is 9.02. The summed E-state index contributed by atoms with van der Waals surface area (Å²) in [5, 5.41) is 23.1. The number of benzene rings is 3. The summed E-state index contributed by atoms with van der Waals surface area (Å²) in [6, 6.07) is 19.8. The lowest BCUT2D eigenvalue weighted by molar-refractivity contribution is 1.50. The highest BCUT2D eigenvalue weighted by Gasteiger charge is 2.05. The number of hydrogen-bond acceptors (Lipinski definition) is 2. The Bertz CT molecular complexity index is 853. The van der Waals surface area contributed by atoms with Gasteiger partial charge in [0, 0.05) is 5.22 Å². The maximum absolute atomic E-state index is 9.02. The minimum Gasteiger partial charge on any atom is -0.192 e. The molecule has 0 bridgehead atoms. The van der Waals surface area contributed by atoms with Gasteiger partial charge in [0.25, 0.3) is 0 Å². The molecule has 0 fully saturated rings. The Kier molecular flexibility index (Phi) is 2.22. The molecule has 0 saturated heterocycles. The van der Waals surface area contributed by atoms with Gasteiger partial charge in [-0.15, -0.1) is 0 Å². The Morgan fingerprint density at radius 1 is 0.778 bits per heavy atom. The molecule has 0 unspecified atom stereocenters. The summed E-state index contributed by atoms with van der Waals surface area (Å²) in [6.45, 7) is 0. The fourth-order valence-corrected chi connectivity index (χ4v) is 2.36. The van der Waals surface area contributed by atoms with Crippen molar-refractivity contribution in [3.05, 3.63) is 53.7 Å². The van der Waals surface area contributed by atoms with E-state index in [0.29, 0.717) is 5.22 Å².